The van der Waals surface area contributed by atoms with Gasteiger partial charge in [0.25, 0.3) is 0 Å². The van der Waals surface area contributed by atoms with Gasteiger partial charge in [-0.15, -0.1) is 0 Å². The van der Waals surface area contributed by atoms with E-state index < -0.39 is 0 Å². The molecule has 0 fully saturated rings. The Hall–Kier alpha value is -1.92. The summed E-state index contributed by atoms with van der Waals surface area (Å²) in [5.74, 6) is 0. The highest BCUT2D eigenvalue weighted by Crippen LogP contribution is 2.28. The Morgan fingerprint density at radius 3 is 2.94 bits per heavy atom. The molecule has 6 heteroatoms. The van der Waals surface area contributed by atoms with Crippen molar-refractivity contribution in [2.45, 2.75) is 16.7 Å². The monoisotopic (exact) mass is 257 g/mol. The number of rotatable bonds is 3. The molecule has 3 rings (SSSR count). The number of aromatic amines is 1. The van der Waals surface area contributed by atoms with E-state index in [-0.39, 0.29) is 0 Å². The maximum absolute atomic E-state index is 5.77. The van der Waals surface area contributed by atoms with Crippen molar-refractivity contribution in [3.8, 4) is 0 Å². The van der Waals surface area contributed by atoms with Gasteiger partial charge in [0, 0.05) is 11.9 Å². The summed E-state index contributed by atoms with van der Waals surface area (Å²) in [4.78, 5) is 8.70. The van der Waals surface area contributed by atoms with E-state index in [1.165, 1.54) is 18.1 Å². The van der Waals surface area contributed by atoms with Crippen LogP contribution in [-0.2, 0) is 6.54 Å². The summed E-state index contributed by atoms with van der Waals surface area (Å²) in [5, 5.41) is 9.31. The largest absolute Gasteiger partial charge is 0.326 e. The third-order valence-corrected chi connectivity index (χ3v) is 3.51. The van der Waals surface area contributed by atoms with Crippen molar-refractivity contribution in [3.63, 3.8) is 0 Å². The van der Waals surface area contributed by atoms with Gasteiger partial charge in [0.1, 0.15) is 11.4 Å². The molecule has 0 radical (unpaired) electrons. The van der Waals surface area contributed by atoms with E-state index in [9.17, 15) is 0 Å². The van der Waals surface area contributed by atoms with Gasteiger partial charge in [-0.25, -0.2) is 9.97 Å². The number of hydrogen-bond donors (Lipinski definition) is 2. The maximum Gasteiger partial charge on any atom is 0.189 e. The zero-order valence-corrected chi connectivity index (χ0v) is 10.3. The topological polar surface area (TPSA) is 80.5 Å². The lowest BCUT2D eigenvalue weighted by Crippen LogP contribution is -2.00. The van der Waals surface area contributed by atoms with Crippen LogP contribution >= 0.6 is 11.8 Å². The molecule has 2 aromatic heterocycles. The standard InChI is InChI=1S/C12H11N5S/c13-6-9-5-8-3-1-2-4-10(8)16-11(9)18-12-14-7-15-17-12/h1-5,7H,6,13H2,(H,14,15,17). The van der Waals surface area contributed by atoms with Gasteiger partial charge in [0.2, 0.25) is 0 Å². The van der Waals surface area contributed by atoms with Gasteiger partial charge in [0.15, 0.2) is 5.16 Å². The van der Waals surface area contributed by atoms with Crippen LogP contribution in [0.4, 0.5) is 0 Å². The molecule has 0 amide bonds. The van der Waals surface area contributed by atoms with Crippen LogP contribution in [0.25, 0.3) is 10.9 Å². The summed E-state index contributed by atoms with van der Waals surface area (Å²) in [6, 6.07) is 10.1. The normalized spacial score (nSPS) is 10.9. The van der Waals surface area contributed by atoms with Crippen LogP contribution in [0.15, 0.2) is 46.8 Å². The van der Waals surface area contributed by atoms with Crippen LogP contribution in [0.3, 0.4) is 0 Å². The summed E-state index contributed by atoms with van der Waals surface area (Å²) < 4.78 is 0. The number of aromatic nitrogens is 4. The van der Waals surface area contributed by atoms with Crippen LogP contribution < -0.4 is 5.73 Å². The maximum atomic E-state index is 5.77. The van der Waals surface area contributed by atoms with Crippen molar-refractivity contribution in [1.29, 1.82) is 0 Å². The number of benzene rings is 1. The Kier molecular flexibility index (Phi) is 2.95. The van der Waals surface area contributed by atoms with Gasteiger partial charge in [-0.1, -0.05) is 18.2 Å². The quantitative estimate of drug-likeness (QED) is 0.749. The fourth-order valence-electron chi connectivity index (χ4n) is 1.71. The minimum Gasteiger partial charge on any atom is -0.326 e. The first-order valence-corrected chi connectivity index (χ1v) is 6.30. The highest BCUT2D eigenvalue weighted by atomic mass is 32.2. The molecule has 5 nitrogen and oxygen atoms in total. The Morgan fingerprint density at radius 2 is 2.17 bits per heavy atom. The molecule has 0 bridgehead atoms. The second-order valence-corrected chi connectivity index (χ2v) is 4.72. The highest BCUT2D eigenvalue weighted by molar-refractivity contribution is 7.99. The first-order valence-electron chi connectivity index (χ1n) is 5.49. The Labute approximate surface area is 108 Å². The fourth-order valence-corrected chi connectivity index (χ4v) is 2.51. The second kappa shape index (κ2) is 4.75. The number of H-pyrrole nitrogens is 1. The molecule has 3 N–H and O–H groups in total. The first-order chi connectivity index (χ1) is 8.86. The number of hydrogen-bond acceptors (Lipinski definition) is 5. The van der Waals surface area contributed by atoms with Crippen LogP contribution in [0.5, 0.6) is 0 Å². The van der Waals surface area contributed by atoms with Gasteiger partial charge < -0.3 is 5.73 Å². The lowest BCUT2D eigenvalue weighted by molar-refractivity contribution is 0.949. The zero-order valence-electron chi connectivity index (χ0n) is 9.50. The molecule has 0 aliphatic carbocycles. The van der Waals surface area contributed by atoms with Crippen molar-refractivity contribution in [2.75, 3.05) is 0 Å². The van der Waals surface area contributed by atoms with E-state index in [0.29, 0.717) is 11.7 Å². The van der Waals surface area contributed by atoms with Gasteiger partial charge in [-0.05, 0) is 29.5 Å². The molecule has 0 aliphatic heterocycles. The van der Waals surface area contributed by atoms with Crippen molar-refractivity contribution >= 4 is 22.7 Å². The SMILES string of the molecule is NCc1cc2ccccc2nc1Sc1ncn[nH]1. The van der Waals surface area contributed by atoms with E-state index in [0.717, 1.165) is 21.5 Å². The molecule has 0 spiro atoms. The van der Waals surface area contributed by atoms with Crippen LogP contribution in [0.1, 0.15) is 5.56 Å². The number of nitrogens with zero attached hydrogens (tertiary/aromatic N) is 3. The summed E-state index contributed by atoms with van der Waals surface area (Å²) in [6.07, 6.45) is 1.48. The smallest absolute Gasteiger partial charge is 0.189 e. The van der Waals surface area contributed by atoms with Crippen LogP contribution in [-0.4, -0.2) is 20.2 Å². The predicted octanol–water partition coefficient (Wildman–Crippen LogP) is 1.96. The number of nitrogens with one attached hydrogen (secondary N) is 1. The van der Waals surface area contributed by atoms with Gasteiger partial charge in [-0.2, -0.15) is 5.10 Å². The van der Waals surface area contributed by atoms with E-state index in [1.807, 2.05) is 24.3 Å². The predicted molar refractivity (Wildman–Crippen MR) is 70.1 cm³/mol. The Bertz CT molecular complexity index is 665. The van der Waals surface area contributed by atoms with Crippen molar-refractivity contribution in [2.24, 2.45) is 5.73 Å². The molecule has 3 aromatic rings. The summed E-state index contributed by atoms with van der Waals surface area (Å²) in [6.45, 7) is 0.453. The Balaban J connectivity index is 2.09. The van der Waals surface area contributed by atoms with E-state index >= 15 is 0 Å². The molecule has 0 aliphatic rings. The van der Waals surface area contributed by atoms with Crippen LogP contribution in [0.2, 0.25) is 0 Å². The number of para-hydroxylation sites is 1. The van der Waals surface area contributed by atoms with Gasteiger partial charge in [0.05, 0.1) is 5.52 Å². The Morgan fingerprint density at radius 1 is 1.28 bits per heavy atom. The molecule has 90 valence electrons. The molecular weight excluding hydrogens is 246 g/mol. The molecular formula is C12H11N5S. The van der Waals surface area contributed by atoms with Crippen molar-refractivity contribution < 1.29 is 0 Å². The van der Waals surface area contributed by atoms with Crippen LogP contribution in [0, 0.1) is 0 Å². The molecule has 0 saturated heterocycles. The second-order valence-electron chi connectivity index (χ2n) is 3.74. The van der Waals surface area contributed by atoms with E-state index in [1.54, 1.807) is 0 Å². The molecule has 0 unspecified atom stereocenters. The molecule has 0 saturated carbocycles. The van der Waals surface area contributed by atoms with E-state index in [2.05, 4.69) is 26.2 Å². The average Bonchev–Trinajstić information content (AvgIpc) is 2.91. The minimum atomic E-state index is 0.453. The summed E-state index contributed by atoms with van der Waals surface area (Å²) in [7, 11) is 0. The molecule has 0 atom stereocenters. The first kappa shape index (κ1) is 11.2. The lowest BCUT2D eigenvalue weighted by Gasteiger charge is -2.07. The van der Waals surface area contributed by atoms with E-state index in [4.69, 9.17) is 5.73 Å². The highest BCUT2D eigenvalue weighted by Gasteiger charge is 2.09. The minimum absolute atomic E-state index is 0.453. The van der Waals surface area contributed by atoms with Gasteiger partial charge >= 0.3 is 0 Å². The van der Waals surface area contributed by atoms with Gasteiger partial charge in [-0.3, -0.25) is 5.10 Å². The third kappa shape index (κ3) is 2.07. The lowest BCUT2D eigenvalue weighted by atomic mass is 10.1. The van der Waals surface area contributed by atoms with Crippen molar-refractivity contribution in [1.82, 2.24) is 20.2 Å². The number of fused-ring (bicyclic) bond motifs is 1. The molecule has 18 heavy (non-hydrogen) atoms. The number of pyridine rings is 1. The fraction of sp³-hybridized carbons (Fsp3) is 0.0833. The van der Waals surface area contributed by atoms with Crippen molar-refractivity contribution in [3.05, 3.63) is 42.2 Å². The zero-order chi connectivity index (χ0) is 12.4. The summed E-state index contributed by atoms with van der Waals surface area (Å²) in [5.41, 5.74) is 7.74. The molecule has 1 aromatic carbocycles. The number of nitrogens with two attached hydrogens (primary N) is 1. The average molecular weight is 257 g/mol. The molecule has 2 heterocycles. The summed E-state index contributed by atoms with van der Waals surface area (Å²) >= 11 is 1.44. The third-order valence-electron chi connectivity index (χ3n) is 2.57.